The van der Waals surface area contributed by atoms with Crippen LogP contribution in [-0.4, -0.2) is 68.3 Å². The van der Waals surface area contributed by atoms with E-state index in [4.69, 9.17) is 16.3 Å². The molecular weight excluding hydrogens is 511 g/mol. The number of anilines is 1. The van der Waals surface area contributed by atoms with Crippen molar-refractivity contribution in [2.75, 3.05) is 31.3 Å². The second-order valence-corrected chi connectivity index (χ2v) is 10.3. The van der Waals surface area contributed by atoms with E-state index in [1.807, 2.05) is 15.5 Å². The maximum absolute atomic E-state index is 14.1. The quantitative estimate of drug-likeness (QED) is 0.490. The highest BCUT2D eigenvalue weighted by Crippen LogP contribution is 2.56. The van der Waals surface area contributed by atoms with Crippen LogP contribution in [-0.2, 0) is 17.8 Å². The minimum Gasteiger partial charge on any atom is -0.440 e. The van der Waals surface area contributed by atoms with E-state index in [0.29, 0.717) is 29.8 Å². The van der Waals surface area contributed by atoms with Gasteiger partial charge < -0.3 is 9.64 Å². The second kappa shape index (κ2) is 9.16. The number of aromatic nitrogens is 5. The monoisotopic (exact) mass is 533 g/mol. The fourth-order valence-corrected chi connectivity index (χ4v) is 5.81. The summed E-state index contributed by atoms with van der Waals surface area (Å²) in [5, 5.41) is 9.33. The Kier molecular flexibility index (Phi) is 5.93. The molecule has 4 heterocycles. The maximum Gasteiger partial charge on any atom is 0.410 e. The lowest BCUT2D eigenvalue weighted by Gasteiger charge is -2.59. The topological polar surface area (TPSA) is 89.3 Å². The van der Waals surface area contributed by atoms with Crippen molar-refractivity contribution in [2.45, 2.75) is 38.0 Å². The van der Waals surface area contributed by atoms with Gasteiger partial charge in [-0.25, -0.2) is 27.9 Å². The zero-order valence-corrected chi connectivity index (χ0v) is 20.4. The summed E-state index contributed by atoms with van der Waals surface area (Å²) in [6.45, 7) is -0.616. The van der Waals surface area contributed by atoms with Crippen molar-refractivity contribution in [3.63, 3.8) is 0 Å². The van der Waals surface area contributed by atoms with Crippen LogP contribution in [0, 0.1) is 11.2 Å². The Balaban J connectivity index is 1.23. The molecule has 194 valence electrons. The number of benzene rings is 1. The summed E-state index contributed by atoms with van der Waals surface area (Å²) in [6, 6.07) is 5.36. The maximum atomic E-state index is 14.1. The van der Waals surface area contributed by atoms with E-state index in [-0.39, 0.29) is 24.4 Å². The van der Waals surface area contributed by atoms with E-state index in [2.05, 4.69) is 20.2 Å². The van der Waals surface area contributed by atoms with Crippen molar-refractivity contribution in [3.8, 4) is 5.69 Å². The molecule has 0 radical (unpaired) electrons. The first-order chi connectivity index (χ1) is 17.9. The molecule has 1 aliphatic carbocycles. The third-order valence-electron chi connectivity index (χ3n) is 7.33. The van der Waals surface area contributed by atoms with Gasteiger partial charge in [0.2, 0.25) is 0 Å². The number of halogens is 4. The molecule has 0 atom stereocenters. The zero-order chi connectivity index (χ0) is 25.7. The van der Waals surface area contributed by atoms with Crippen LogP contribution in [0.5, 0.6) is 0 Å². The highest BCUT2D eigenvalue weighted by Gasteiger charge is 2.55. The standard InChI is InChI=1S/C24H23ClF3N7O2/c25-16-1-2-19-14(3-16)9-33(23(36)37-17(6-26)7-27)10-20-31-32-21(35(19)20)15-4-24(5-15)11-34(12-24)22-18(28)8-29-13-30-22/h1-3,8,13,15,17H,4-7,9-12H2. The molecule has 1 spiro atoms. The Morgan fingerprint density at radius 3 is 2.70 bits per heavy atom. The molecule has 2 aromatic heterocycles. The normalized spacial score (nSPS) is 18.2. The summed E-state index contributed by atoms with van der Waals surface area (Å²) in [5.74, 6) is 1.31. The average molecular weight is 534 g/mol. The van der Waals surface area contributed by atoms with Gasteiger partial charge in [-0.2, -0.15) is 0 Å². The summed E-state index contributed by atoms with van der Waals surface area (Å²) < 4.78 is 46.9. The van der Waals surface area contributed by atoms with Gasteiger partial charge >= 0.3 is 6.09 Å². The Morgan fingerprint density at radius 1 is 1.19 bits per heavy atom. The average Bonchev–Trinajstić information content (AvgIpc) is 3.16. The highest BCUT2D eigenvalue weighted by atomic mass is 35.5. The number of rotatable bonds is 5. The number of carbonyl (C=O) groups is 1. The zero-order valence-electron chi connectivity index (χ0n) is 19.7. The molecule has 1 saturated heterocycles. The number of hydrogen-bond acceptors (Lipinski definition) is 7. The van der Waals surface area contributed by atoms with Crippen molar-refractivity contribution >= 4 is 23.5 Å². The summed E-state index contributed by atoms with van der Waals surface area (Å²) >= 11 is 6.25. The fourth-order valence-electron chi connectivity index (χ4n) is 5.62. The predicted octanol–water partition coefficient (Wildman–Crippen LogP) is 3.99. The lowest BCUT2D eigenvalue weighted by atomic mass is 9.57. The number of amides is 1. The van der Waals surface area contributed by atoms with Gasteiger partial charge in [0.15, 0.2) is 23.6 Å². The molecule has 2 aliphatic heterocycles. The largest absolute Gasteiger partial charge is 0.440 e. The lowest BCUT2D eigenvalue weighted by Crippen LogP contribution is -2.62. The molecule has 1 amide bonds. The molecular formula is C24H23ClF3N7O2. The first-order valence-electron chi connectivity index (χ1n) is 11.9. The van der Waals surface area contributed by atoms with E-state index in [1.54, 1.807) is 12.1 Å². The molecule has 9 nitrogen and oxygen atoms in total. The van der Waals surface area contributed by atoms with Crippen LogP contribution in [0.3, 0.4) is 0 Å². The van der Waals surface area contributed by atoms with Crippen LogP contribution in [0.4, 0.5) is 23.8 Å². The van der Waals surface area contributed by atoms with E-state index < -0.39 is 31.4 Å². The van der Waals surface area contributed by atoms with Crippen LogP contribution < -0.4 is 4.90 Å². The summed E-state index contributed by atoms with van der Waals surface area (Å²) in [4.78, 5) is 23.8. The van der Waals surface area contributed by atoms with Crippen LogP contribution in [0.25, 0.3) is 5.69 Å². The Hall–Kier alpha value is -3.41. The van der Waals surface area contributed by atoms with Gasteiger partial charge in [-0.1, -0.05) is 11.6 Å². The van der Waals surface area contributed by atoms with Crippen LogP contribution >= 0.6 is 11.6 Å². The van der Waals surface area contributed by atoms with E-state index in [0.717, 1.165) is 29.9 Å². The molecule has 2 fully saturated rings. The number of nitrogens with zero attached hydrogens (tertiary/aromatic N) is 7. The van der Waals surface area contributed by atoms with E-state index in [9.17, 15) is 18.0 Å². The molecule has 3 aliphatic rings. The molecule has 1 saturated carbocycles. The van der Waals surface area contributed by atoms with Crippen LogP contribution in [0.15, 0.2) is 30.7 Å². The predicted molar refractivity (Wildman–Crippen MR) is 126 cm³/mol. The molecule has 3 aromatic rings. The van der Waals surface area contributed by atoms with Gasteiger partial charge in [-0.05, 0) is 36.6 Å². The fraction of sp³-hybridized carbons (Fsp3) is 0.458. The van der Waals surface area contributed by atoms with E-state index >= 15 is 0 Å². The van der Waals surface area contributed by atoms with Crippen molar-refractivity contribution in [1.29, 1.82) is 0 Å². The van der Waals surface area contributed by atoms with Crippen LogP contribution in [0.1, 0.15) is 36.0 Å². The van der Waals surface area contributed by atoms with Gasteiger partial charge in [-0.15, -0.1) is 10.2 Å². The molecule has 0 N–H and O–H groups in total. The first-order valence-corrected chi connectivity index (χ1v) is 12.3. The number of hydrogen-bond donors (Lipinski definition) is 0. The van der Waals surface area contributed by atoms with Crippen molar-refractivity contribution in [3.05, 3.63) is 58.8 Å². The van der Waals surface area contributed by atoms with Gasteiger partial charge in [0.1, 0.15) is 25.5 Å². The Morgan fingerprint density at radius 2 is 1.97 bits per heavy atom. The molecule has 37 heavy (non-hydrogen) atoms. The van der Waals surface area contributed by atoms with E-state index in [1.165, 1.54) is 17.4 Å². The summed E-state index contributed by atoms with van der Waals surface area (Å²) in [7, 11) is 0. The molecule has 6 rings (SSSR count). The lowest BCUT2D eigenvalue weighted by molar-refractivity contribution is 0.0354. The number of fused-ring (bicyclic) bond motifs is 3. The minimum atomic E-state index is -1.45. The summed E-state index contributed by atoms with van der Waals surface area (Å²) in [6.07, 6.45) is 1.94. The van der Waals surface area contributed by atoms with Gasteiger partial charge in [0.25, 0.3) is 0 Å². The van der Waals surface area contributed by atoms with Crippen LogP contribution in [0.2, 0.25) is 5.02 Å². The number of carbonyl (C=O) groups excluding carboxylic acids is 1. The number of ether oxygens (including phenoxy) is 1. The van der Waals surface area contributed by atoms with Crippen molar-refractivity contribution in [2.24, 2.45) is 5.41 Å². The molecule has 0 unspecified atom stereocenters. The molecule has 0 bridgehead atoms. The van der Waals surface area contributed by atoms with Crippen molar-refractivity contribution < 1.29 is 22.7 Å². The van der Waals surface area contributed by atoms with Gasteiger partial charge in [0.05, 0.1) is 25.0 Å². The molecule has 1 aromatic carbocycles. The Labute approximate surface area is 215 Å². The first kappa shape index (κ1) is 24.0. The van der Waals surface area contributed by atoms with Gasteiger partial charge in [-0.3, -0.25) is 9.47 Å². The highest BCUT2D eigenvalue weighted by molar-refractivity contribution is 6.30. The SMILES string of the molecule is O=C(OC(CF)CF)N1Cc2cc(Cl)ccc2-n2c(nnc2C2CC3(C2)CN(c2ncncc2F)C3)C1. The second-order valence-electron chi connectivity index (χ2n) is 9.91. The summed E-state index contributed by atoms with van der Waals surface area (Å²) in [5.41, 5.74) is 1.59. The number of alkyl halides is 2. The third-order valence-corrected chi connectivity index (χ3v) is 7.56. The Bertz CT molecular complexity index is 1340. The molecule has 13 heteroatoms. The minimum absolute atomic E-state index is 0.0576. The third kappa shape index (κ3) is 4.16. The van der Waals surface area contributed by atoms with Gasteiger partial charge in [0, 0.05) is 29.4 Å². The smallest absolute Gasteiger partial charge is 0.410 e. The van der Waals surface area contributed by atoms with Crippen molar-refractivity contribution in [1.82, 2.24) is 29.6 Å².